The SMILES string of the molecule is CC(C)c1nnc(-c2ccncc2)o1. The predicted octanol–water partition coefficient (Wildman–Crippen LogP) is 2.25. The van der Waals surface area contributed by atoms with Crippen LogP contribution in [0.3, 0.4) is 0 Å². The Labute approximate surface area is 82.0 Å². The zero-order valence-corrected chi connectivity index (χ0v) is 8.14. The molecular weight excluding hydrogens is 178 g/mol. The first-order valence-electron chi connectivity index (χ1n) is 4.51. The van der Waals surface area contributed by atoms with E-state index >= 15 is 0 Å². The lowest BCUT2D eigenvalue weighted by molar-refractivity contribution is 0.481. The molecule has 0 amide bonds. The van der Waals surface area contributed by atoms with Crippen molar-refractivity contribution in [2.24, 2.45) is 0 Å². The van der Waals surface area contributed by atoms with Crippen LogP contribution in [0.15, 0.2) is 28.9 Å². The number of rotatable bonds is 2. The standard InChI is InChI=1S/C10H11N3O/c1-7(2)9-12-13-10(14-9)8-3-5-11-6-4-8/h3-7H,1-2H3. The molecule has 0 aliphatic heterocycles. The van der Waals surface area contributed by atoms with Gasteiger partial charge in [0.15, 0.2) is 0 Å². The fraction of sp³-hybridized carbons (Fsp3) is 0.300. The quantitative estimate of drug-likeness (QED) is 0.727. The highest BCUT2D eigenvalue weighted by Gasteiger charge is 2.10. The van der Waals surface area contributed by atoms with Gasteiger partial charge in [0.25, 0.3) is 0 Å². The number of hydrogen-bond donors (Lipinski definition) is 0. The molecule has 0 spiro atoms. The Morgan fingerprint density at radius 2 is 1.86 bits per heavy atom. The van der Waals surface area contributed by atoms with Gasteiger partial charge in [0, 0.05) is 23.9 Å². The van der Waals surface area contributed by atoms with Crippen LogP contribution in [0.5, 0.6) is 0 Å². The summed E-state index contributed by atoms with van der Waals surface area (Å²) < 4.78 is 5.48. The highest BCUT2D eigenvalue weighted by molar-refractivity contribution is 5.50. The molecule has 0 saturated heterocycles. The first-order valence-corrected chi connectivity index (χ1v) is 4.51. The minimum absolute atomic E-state index is 0.262. The summed E-state index contributed by atoms with van der Waals surface area (Å²) in [5.74, 6) is 1.48. The maximum absolute atomic E-state index is 5.48. The van der Waals surface area contributed by atoms with E-state index < -0.39 is 0 Å². The van der Waals surface area contributed by atoms with Crippen molar-refractivity contribution >= 4 is 0 Å². The van der Waals surface area contributed by atoms with Crippen LogP contribution in [0, 0.1) is 0 Å². The van der Waals surface area contributed by atoms with Crippen molar-refractivity contribution in [2.45, 2.75) is 19.8 Å². The van der Waals surface area contributed by atoms with Crippen molar-refractivity contribution in [1.29, 1.82) is 0 Å². The summed E-state index contributed by atoms with van der Waals surface area (Å²) in [6, 6.07) is 3.69. The van der Waals surface area contributed by atoms with E-state index in [0.29, 0.717) is 11.8 Å². The third-order valence-corrected chi connectivity index (χ3v) is 1.86. The maximum atomic E-state index is 5.48. The van der Waals surface area contributed by atoms with Gasteiger partial charge in [-0.25, -0.2) is 0 Å². The van der Waals surface area contributed by atoms with E-state index in [9.17, 15) is 0 Å². The first-order chi connectivity index (χ1) is 6.77. The van der Waals surface area contributed by atoms with Crippen molar-refractivity contribution in [1.82, 2.24) is 15.2 Å². The number of hydrogen-bond acceptors (Lipinski definition) is 4. The fourth-order valence-electron chi connectivity index (χ4n) is 1.08. The van der Waals surface area contributed by atoms with E-state index in [4.69, 9.17) is 4.42 Å². The molecule has 2 aromatic rings. The van der Waals surface area contributed by atoms with Gasteiger partial charge < -0.3 is 4.42 Å². The van der Waals surface area contributed by atoms with E-state index in [2.05, 4.69) is 15.2 Å². The zero-order valence-electron chi connectivity index (χ0n) is 8.14. The summed E-state index contributed by atoms with van der Waals surface area (Å²) in [7, 11) is 0. The molecule has 0 atom stereocenters. The second kappa shape index (κ2) is 3.57. The van der Waals surface area contributed by atoms with E-state index in [-0.39, 0.29) is 5.92 Å². The van der Waals surface area contributed by atoms with Crippen molar-refractivity contribution in [3.8, 4) is 11.5 Å². The Balaban J connectivity index is 2.34. The third-order valence-electron chi connectivity index (χ3n) is 1.86. The molecule has 0 N–H and O–H groups in total. The minimum atomic E-state index is 0.262. The summed E-state index contributed by atoms with van der Waals surface area (Å²) in [5.41, 5.74) is 0.902. The van der Waals surface area contributed by atoms with Crippen molar-refractivity contribution < 1.29 is 4.42 Å². The molecule has 0 bridgehead atoms. The molecule has 72 valence electrons. The van der Waals surface area contributed by atoms with Crippen LogP contribution in [0.25, 0.3) is 11.5 Å². The molecule has 14 heavy (non-hydrogen) atoms. The predicted molar refractivity (Wildman–Crippen MR) is 51.6 cm³/mol. The number of pyridine rings is 1. The van der Waals surface area contributed by atoms with Crippen LogP contribution in [0.1, 0.15) is 25.7 Å². The normalized spacial score (nSPS) is 10.8. The van der Waals surface area contributed by atoms with Crippen LogP contribution in [0.2, 0.25) is 0 Å². The van der Waals surface area contributed by atoms with Gasteiger partial charge in [-0.1, -0.05) is 13.8 Å². The molecule has 2 heterocycles. The molecule has 2 aromatic heterocycles. The monoisotopic (exact) mass is 189 g/mol. The van der Waals surface area contributed by atoms with Gasteiger partial charge in [-0.2, -0.15) is 0 Å². The second-order valence-electron chi connectivity index (χ2n) is 3.34. The molecule has 0 aliphatic carbocycles. The van der Waals surface area contributed by atoms with Gasteiger partial charge in [0.1, 0.15) is 0 Å². The van der Waals surface area contributed by atoms with Crippen LogP contribution in [-0.4, -0.2) is 15.2 Å². The summed E-state index contributed by atoms with van der Waals surface area (Å²) in [5, 5.41) is 7.92. The van der Waals surface area contributed by atoms with Gasteiger partial charge in [0.2, 0.25) is 11.8 Å². The van der Waals surface area contributed by atoms with Gasteiger partial charge in [-0.05, 0) is 12.1 Å². The van der Waals surface area contributed by atoms with E-state index in [0.717, 1.165) is 5.56 Å². The molecule has 0 aromatic carbocycles. The van der Waals surface area contributed by atoms with Gasteiger partial charge >= 0.3 is 0 Å². The van der Waals surface area contributed by atoms with Gasteiger partial charge in [-0.15, -0.1) is 10.2 Å². The molecule has 0 saturated carbocycles. The largest absolute Gasteiger partial charge is 0.420 e. The molecule has 0 radical (unpaired) electrons. The van der Waals surface area contributed by atoms with Crippen LogP contribution < -0.4 is 0 Å². The van der Waals surface area contributed by atoms with Crippen molar-refractivity contribution in [3.63, 3.8) is 0 Å². The molecular formula is C10H11N3O. The smallest absolute Gasteiger partial charge is 0.247 e. The molecule has 2 rings (SSSR count). The summed E-state index contributed by atoms with van der Waals surface area (Å²) in [6.07, 6.45) is 3.41. The van der Waals surface area contributed by atoms with E-state index in [1.165, 1.54) is 0 Å². The first kappa shape index (κ1) is 8.87. The maximum Gasteiger partial charge on any atom is 0.247 e. The van der Waals surface area contributed by atoms with E-state index in [1.54, 1.807) is 12.4 Å². The highest BCUT2D eigenvalue weighted by atomic mass is 16.4. The third kappa shape index (κ3) is 1.64. The van der Waals surface area contributed by atoms with E-state index in [1.807, 2.05) is 26.0 Å². The fourth-order valence-corrected chi connectivity index (χ4v) is 1.08. The Morgan fingerprint density at radius 3 is 2.43 bits per heavy atom. The topological polar surface area (TPSA) is 51.8 Å². The Hall–Kier alpha value is -1.71. The Bertz CT molecular complexity index is 408. The lowest BCUT2D eigenvalue weighted by atomic mass is 10.2. The Morgan fingerprint density at radius 1 is 1.14 bits per heavy atom. The number of nitrogens with zero attached hydrogens (tertiary/aromatic N) is 3. The highest BCUT2D eigenvalue weighted by Crippen LogP contribution is 2.19. The summed E-state index contributed by atoms with van der Waals surface area (Å²) in [6.45, 7) is 4.04. The summed E-state index contributed by atoms with van der Waals surface area (Å²) >= 11 is 0. The summed E-state index contributed by atoms with van der Waals surface area (Å²) in [4.78, 5) is 3.92. The molecule has 0 unspecified atom stereocenters. The van der Waals surface area contributed by atoms with Crippen molar-refractivity contribution in [2.75, 3.05) is 0 Å². The van der Waals surface area contributed by atoms with Gasteiger partial charge in [-0.3, -0.25) is 4.98 Å². The Kier molecular flexibility index (Phi) is 2.26. The molecule has 4 heteroatoms. The number of aromatic nitrogens is 3. The van der Waals surface area contributed by atoms with Crippen LogP contribution in [-0.2, 0) is 0 Å². The van der Waals surface area contributed by atoms with Crippen LogP contribution in [0.4, 0.5) is 0 Å². The minimum Gasteiger partial charge on any atom is -0.420 e. The lowest BCUT2D eigenvalue weighted by Crippen LogP contribution is -1.85. The molecule has 0 fully saturated rings. The zero-order chi connectivity index (χ0) is 9.97. The van der Waals surface area contributed by atoms with Crippen molar-refractivity contribution in [3.05, 3.63) is 30.4 Å². The average molecular weight is 189 g/mol. The molecule has 0 aliphatic rings. The molecule has 4 nitrogen and oxygen atoms in total. The van der Waals surface area contributed by atoms with Gasteiger partial charge in [0.05, 0.1) is 0 Å². The average Bonchev–Trinajstić information content (AvgIpc) is 2.68. The lowest BCUT2D eigenvalue weighted by Gasteiger charge is -1.94. The van der Waals surface area contributed by atoms with Crippen LogP contribution >= 0.6 is 0 Å². The second-order valence-corrected chi connectivity index (χ2v) is 3.34.